The number of anilines is 1. The summed E-state index contributed by atoms with van der Waals surface area (Å²) in [6.07, 6.45) is 0.482. The van der Waals surface area contributed by atoms with E-state index in [2.05, 4.69) is 37.8 Å². The number of piperazine rings is 1. The molecule has 0 spiro atoms. The van der Waals surface area contributed by atoms with E-state index in [9.17, 15) is 8.42 Å². The molecule has 1 aliphatic heterocycles. The molecule has 206 valence electrons. The van der Waals surface area contributed by atoms with Crippen LogP contribution >= 0.6 is 11.6 Å². The van der Waals surface area contributed by atoms with Gasteiger partial charge in [-0.05, 0) is 56.1 Å². The summed E-state index contributed by atoms with van der Waals surface area (Å²) in [6.45, 7) is 8.31. The molecule has 1 aliphatic rings. The molecule has 2 heterocycles. The average Bonchev–Trinajstić information content (AvgIpc) is 3.34. The van der Waals surface area contributed by atoms with E-state index in [1.807, 2.05) is 38.1 Å². The van der Waals surface area contributed by atoms with Crippen LogP contribution in [0.3, 0.4) is 0 Å². The molecule has 1 unspecified atom stereocenters. The molecular formula is C28H33ClN6O3S. The first-order chi connectivity index (χ1) is 18.8. The Morgan fingerprint density at radius 2 is 1.77 bits per heavy atom. The summed E-state index contributed by atoms with van der Waals surface area (Å²) in [5.74, 6) is 1.15. The van der Waals surface area contributed by atoms with Gasteiger partial charge in [-0.2, -0.15) is 0 Å². The molecule has 0 radical (unpaired) electrons. The Balaban J connectivity index is 1.36. The minimum atomic E-state index is -3.84. The Hall–Kier alpha value is -3.18. The highest BCUT2D eigenvalue weighted by Crippen LogP contribution is 2.30. The standard InChI is InChI=1S/C28H33ClN6O3S/c1-4-26(32-39(36,37)23-12-13-24-20(18-23)8-6-11-25(24)29)27-30-31-28(35(27)5-2)38-22-10-7-9-21(19-22)34-16-14-33(3)15-17-34/h6-13,18-19,26,32H,4-5,14-17H2,1-3H3. The minimum absolute atomic E-state index is 0.162. The first-order valence-electron chi connectivity index (χ1n) is 13.1. The zero-order valence-electron chi connectivity index (χ0n) is 22.3. The monoisotopic (exact) mass is 568 g/mol. The van der Waals surface area contributed by atoms with E-state index < -0.39 is 16.1 Å². The lowest BCUT2D eigenvalue weighted by Gasteiger charge is -2.34. The van der Waals surface area contributed by atoms with Crippen LogP contribution in [0.5, 0.6) is 11.8 Å². The van der Waals surface area contributed by atoms with Crippen molar-refractivity contribution in [1.82, 2.24) is 24.4 Å². The second-order valence-corrected chi connectivity index (χ2v) is 11.8. The van der Waals surface area contributed by atoms with Gasteiger partial charge in [0.05, 0.1) is 10.9 Å². The molecule has 0 saturated carbocycles. The van der Waals surface area contributed by atoms with Gasteiger partial charge in [0.1, 0.15) is 5.75 Å². The van der Waals surface area contributed by atoms with Gasteiger partial charge in [0, 0.05) is 54.9 Å². The van der Waals surface area contributed by atoms with Crippen LogP contribution in [0.15, 0.2) is 65.6 Å². The van der Waals surface area contributed by atoms with Crippen LogP contribution in [0.1, 0.15) is 32.1 Å². The van der Waals surface area contributed by atoms with Gasteiger partial charge in [-0.1, -0.05) is 47.9 Å². The summed E-state index contributed by atoms with van der Waals surface area (Å²) in [5.41, 5.74) is 1.10. The molecule has 1 atom stereocenters. The second-order valence-electron chi connectivity index (χ2n) is 9.68. The number of hydrogen-bond acceptors (Lipinski definition) is 7. The van der Waals surface area contributed by atoms with Gasteiger partial charge in [0.15, 0.2) is 5.82 Å². The highest BCUT2D eigenvalue weighted by molar-refractivity contribution is 7.89. The molecule has 1 saturated heterocycles. The van der Waals surface area contributed by atoms with Crippen molar-refractivity contribution < 1.29 is 13.2 Å². The predicted molar refractivity (Wildman–Crippen MR) is 154 cm³/mol. The molecule has 1 N–H and O–H groups in total. The average molecular weight is 569 g/mol. The predicted octanol–water partition coefficient (Wildman–Crippen LogP) is 5.08. The smallest absolute Gasteiger partial charge is 0.322 e. The largest absolute Gasteiger partial charge is 0.424 e. The third-order valence-electron chi connectivity index (χ3n) is 7.08. The lowest BCUT2D eigenvalue weighted by Crippen LogP contribution is -2.44. The number of nitrogens with one attached hydrogen (secondary N) is 1. The lowest BCUT2D eigenvalue weighted by molar-refractivity contribution is 0.312. The first-order valence-corrected chi connectivity index (χ1v) is 15.0. The van der Waals surface area contributed by atoms with Crippen LogP contribution in [0.25, 0.3) is 10.8 Å². The molecule has 0 aliphatic carbocycles. The first kappa shape index (κ1) is 27.4. The Morgan fingerprint density at radius 1 is 1.00 bits per heavy atom. The maximum absolute atomic E-state index is 13.4. The number of nitrogens with zero attached hydrogens (tertiary/aromatic N) is 5. The number of halogens is 1. The van der Waals surface area contributed by atoms with Gasteiger partial charge in [0.25, 0.3) is 0 Å². The van der Waals surface area contributed by atoms with Crippen molar-refractivity contribution in [3.05, 3.63) is 71.5 Å². The molecule has 0 amide bonds. The van der Waals surface area contributed by atoms with Gasteiger partial charge in [-0.25, -0.2) is 13.1 Å². The van der Waals surface area contributed by atoms with E-state index in [0.29, 0.717) is 35.6 Å². The van der Waals surface area contributed by atoms with Crippen molar-refractivity contribution >= 4 is 38.1 Å². The van der Waals surface area contributed by atoms with Gasteiger partial charge in [-0.3, -0.25) is 4.57 Å². The highest BCUT2D eigenvalue weighted by Gasteiger charge is 2.26. The topological polar surface area (TPSA) is 92.6 Å². The Morgan fingerprint density at radius 3 is 2.51 bits per heavy atom. The SMILES string of the molecule is CCC(NS(=O)(=O)c1ccc2c(Cl)cccc2c1)c1nnc(Oc2cccc(N3CCN(C)CC3)c2)n1CC. The third-order valence-corrected chi connectivity index (χ3v) is 8.88. The summed E-state index contributed by atoms with van der Waals surface area (Å²) in [7, 11) is -1.71. The van der Waals surface area contributed by atoms with E-state index in [-0.39, 0.29) is 4.90 Å². The van der Waals surface area contributed by atoms with Gasteiger partial charge < -0.3 is 14.5 Å². The quantitative estimate of drug-likeness (QED) is 0.301. The Bertz CT molecular complexity index is 1570. The summed E-state index contributed by atoms with van der Waals surface area (Å²) in [5, 5.41) is 10.8. The normalized spacial score (nSPS) is 15.5. The molecule has 0 bridgehead atoms. The van der Waals surface area contributed by atoms with Crippen molar-refractivity contribution in [3.8, 4) is 11.8 Å². The third kappa shape index (κ3) is 5.89. The summed E-state index contributed by atoms with van der Waals surface area (Å²) >= 11 is 6.26. The molecule has 1 aromatic heterocycles. The zero-order valence-corrected chi connectivity index (χ0v) is 23.9. The number of aromatic nitrogens is 3. The molecule has 3 aromatic carbocycles. The van der Waals surface area contributed by atoms with Crippen molar-refractivity contribution in [3.63, 3.8) is 0 Å². The van der Waals surface area contributed by atoms with Crippen LogP contribution in [0.4, 0.5) is 5.69 Å². The number of rotatable bonds is 9. The van der Waals surface area contributed by atoms with Crippen LogP contribution in [0, 0.1) is 0 Å². The Kier molecular flexibility index (Phi) is 8.08. The van der Waals surface area contributed by atoms with Crippen LogP contribution in [-0.4, -0.2) is 61.3 Å². The van der Waals surface area contributed by atoms with E-state index in [1.54, 1.807) is 34.9 Å². The maximum atomic E-state index is 13.4. The number of benzene rings is 3. The molecule has 4 aromatic rings. The van der Waals surface area contributed by atoms with Crippen LogP contribution in [0.2, 0.25) is 5.02 Å². The van der Waals surface area contributed by atoms with E-state index in [1.165, 1.54) is 0 Å². The number of likely N-dealkylation sites (N-methyl/N-ethyl adjacent to an activating group) is 1. The molecular weight excluding hydrogens is 536 g/mol. The van der Waals surface area contributed by atoms with E-state index in [4.69, 9.17) is 16.3 Å². The van der Waals surface area contributed by atoms with Crippen molar-refractivity contribution in [2.75, 3.05) is 38.1 Å². The van der Waals surface area contributed by atoms with Crippen molar-refractivity contribution in [1.29, 1.82) is 0 Å². The fourth-order valence-corrected chi connectivity index (χ4v) is 6.36. The van der Waals surface area contributed by atoms with Crippen LogP contribution < -0.4 is 14.4 Å². The number of ether oxygens (including phenoxy) is 1. The summed E-state index contributed by atoms with van der Waals surface area (Å²) in [6, 6.07) is 18.0. The van der Waals surface area contributed by atoms with Crippen molar-refractivity contribution in [2.24, 2.45) is 0 Å². The molecule has 1 fully saturated rings. The summed E-state index contributed by atoms with van der Waals surface area (Å²) < 4.78 is 37.5. The van der Waals surface area contributed by atoms with Crippen molar-refractivity contribution in [2.45, 2.75) is 37.8 Å². The number of sulfonamides is 1. The van der Waals surface area contributed by atoms with E-state index >= 15 is 0 Å². The number of fused-ring (bicyclic) bond motifs is 1. The van der Waals surface area contributed by atoms with E-state index in [0.717, 1.165) is 42.6 Å². The van der Waals surface area contributed by atoms with Gasteiger partial charge in [0.2, 0.25) is 10.0 Å². The maximum Gasteiger partial charge on any atom is 0.322 e. The molecule has 5 rings (SSSR count). The zero-order chi connectivity index (χ0) is 27.6. The fraction of sp³-hybridized carbons (Fsp3) is 0.357. The lowest BCUT2D eigenvalue weighted by atomic mass is 10.1. The Labute approximate surface area is 234 Å². The number of hydrogen-bond donors (Lipinski definition) is 1. The fourth-order valence-electron chi connectivity index (χ4n) is 4.81. The molecule has 9 nitrogen and oxygen atoms in total. The highest BCUT2D eigenvalue weighted by atomic mass is 35.5. The molecule has 39 heavy (non-hydrogen) atoms. The van der Waals surface area contributed by atoms with Gasteiger partial charge in [-0.15, -0.1) is 5.10 Å². The van der Waals surface area contributed by atoms with Gasteiger partial charge >= 0.3 is 6.01 Å². The molecule has 11 heteroatoms. The summed E-state index contributed by atoms with van der Waals surface area (Å²) in [4.78, 5) is 4.82. The minimum Gasteiger partial charge on any atom is -0.424 e. The second kappa shape index (κ2) is 11.5. The van der Waals surface area contributed by atoms with Crippen LogP contribution in [-0.2, 0) is 16.6 Å².